The lowest BCUT2D eigenvalue weighted by Gasteiger charge is -2.13. The molecule has 1 aliphatic rings. The molecule has 0 saturated carbocycles. The second-order valence-electron chi connectivity index (χ2n) is 5.45. The van der Waals surface area contributed by atoms with Crippen molar-refractivity contribution in [3.8, 4) is 11.5 Å². The number of benzene rings is 2. The van der Waals surface area contributed by atoms with Crippen LogP contribution in [0.3, 0.4) is 0 Å². The second kappa shape index (κ2) is 8.37. The number of ether oxygens (including phenoxy) is 2. The maximum Gasteiger partial charge on any atom is 0.298 e. The summed E-state index contributed by atoms with van der Waals surface area (Å²) in [5, 5.41) is 0.0806. The van der Waals surface area contributed by atoms with Crippen LogP contribution in [0.1, 0.15) is 12.5 Å². The van der Waals surface area contributed by atoms with E-state index in [1.54, 1.807) is 49.6 Å². The topological polar surface area (TPSA) is 55.8 Å². The molecule has 1 heterocycles. The molecule has 5 nitrogen and oxygen atoms in total. The van der Waals surface area contributed by atoms with Crippen molar-refractivity contribution < 1.29 is 19.1 Å². The molecule has 0 atom stereocenters. The van der Waals surface area contributed by atoms with Crippen LogP contribution in [0, 0.1) is 0 Å². The van der Waals surface area contributed by atoms with Gasteiger partial charge in [0.2, 0.25) is 0 Å². The van der Waals surface area contributed by atoms with Crippen LogP contribution in [0.25, 0.3) is 6.08 Å². The molecule has 3 rings (SSSR count). The minimum atomic E-state index is -0.396. The Morgan fingerprint density at radius 2 is 2.00 bits per heavy atom. The average Bonchev–Trinajstić information content (AvgIpc) is 2.91. The van der Waals surface area contributed by atoms with Gasteiger partial charge in [-0.05, 0) is 60.7 Å². The summed E-state index contributed by atoms with van der Waals surface area (Å²) in [6.07, 6.45) is 1.65. The number of carbonyl (C=O) groups is 2. The molecule has 140 valence electrons. The summed E-state index contributed by atoms with van der Waals surface area (Å²) in [5.41, 5.74) is 1.14. The molecule has 1 fully saturated rings. The number of hydrogen-bond donors (Lipinski definition) is 0. The molecule has 1 saturated heterocycles. The number of thioether (sulfide) groups is 1. The summed E-state index contributed by atoms with van der Waals surface area (Å²) in [6.45, 7) is 2.38. The third-order valence-corrected chi connectivity index (χ3v) is 5.52. The van der Waals surface area contributed by atoms with Crippen molar-refractivity contribution >= 4 is 62.2 Å². The van der Waals surface area contributed by atoms with Crippen molar-refractivity contribution in [1.29, 1.82) is 0 Å². The quantitative estimate of drug-likeness (QED) is 0.523. The third-order valence-electron chi connectivity index (χ3n) is 3.73. The van der Waals surface area contributed by atoms with Gasteiger partial charge in [-0.1, -0.05) is 33.6 Å². The smallest absolute Gasteiger partial charge is 0.298 e. The van der Waals surface area contributed by atoms with Crippen LogP contribution < -0.4 is 14.4 Å². The molecule has 0 spiro atoms. The van der Waals surface area contributed by atoms with E-state index in [0.717, 1.165) is 21.1 Å². The van der Waals surface area contributed by atoms with E-state index in [0.29, 0.717) is 39.3 Å². The normalized spacial score (nSPS) is 15.6. The van der Waals surface area contributed by atoms with Gasteiger partial charge in [-0.2, -0.15) is 0 Å². The average molecular weight is 469 g/mol. The molecule has 0 unspecified atom stereocenters. The number of carbonyl (C=O) groups excluding carboxylic acids is 2. The lowest BCUT2D eigenvalue weighted by Crippen LogP contribution is -2.27. The van der Waals surface area contributed by atoms with Crippen LogP contribution >= 0.6 is 39.3 Å². The van der Waals surface area contributed by atoms with Gasteiger partial charge in [0.1, 0.15) is 0 Å². The zero-order chi connectivity index (χ0) is 19.6. The van der Waals surface area contributed by atoms with E-state index in [4.69, 9.17) is 21.1 Å². The summed E-state index contributed by atoms with van der Waals surface area (Å²) >= 11 is 10.3. The number of rotatable bonds is 5. The van der Waals surface area contributed by atoms with Gasteiger partial charge in [0.25, 0.3) is 11.1 Å². The zero-order valence-corrected chi connectivity index (χ0v) is 17.7. The predicted molar refractivity (Wildman–Crippen MR) is 112 cm³/mol. The zero-order valence-electron chi connectivity index (χ0n) is 14.5. The maximum absolute atomic E-state index is 12.8. The lowest BCUT2D eigenvalue weighted by atomic mass is 10.1. The molecule has 0 aliphatic carbocycles. The monoisotopic (exact) mass is 467 g/mol. The molecule has 2 aromatic rings. The molecule has 8 heteroatoms. The van der Waals surface area contributed by atoms with Crippen LogP contribution in [0.4, 0.5) is 10.5 Å². The van der Waals surface area contributed by atoms with E-state index in [9.17, 15) is 9.59 Å². The molecular formula is C19H15BrClNO4S. The summed E-state index contributed by atoms with van der Waals surface area (Å²) in [7, 11) is 1.54. The number of imide groups is 1. The molecule has 1 aliphatic heterocycles. The minimum absolute atomic E-state index is 0.312. The fourth-order valence-corrected chi connectivity index (χ4v) is 3.99. The molecule has 2 aromatic carbocycles. The standard InChI is InChI=1S/C19H15BrClNO4S/c1-3-26-16-10-14(20)11(7-15(16)25-2)8-17-18(23)22(19(24)27-17)13-6-4-5-12(21)9-13/h4-10H,3H2,1-2H3/b17-8+. The van der Waals surface area contributed by atoms with Crippen LogP contribution in [0.2, 0.25) is 5.02 Å². The fraction of sp³-hybridized carbons (Fsp3) is 0.158. The molecule has 0 aromatic heterocycles. The Hall–Kier alpha value is -1.96. The van der Waals surface area contributed by atoms with Gasteiger partial charge >= 0.3 is 0 Å². The maximum atomic E-state index is 12.8. The van der Waals surface area contributed by atoms with E-state index in [-0.39, 0.29) is 5.24 Å². The number of halogens is 2. The van der Waals surface area contributed by atoms with Crippen molar-refractivity contribution in [3.63, 3.8) is 0 Å². The highest BCUT2D eigenvalue weighted by molar-refractivity contribution is 9.10. The predicted octanol–water partition coefficient (Wildman–Crippen LogP) is 5.75. The minimum Gasteiger partial charge on any atom is -0.493 e. The highest BCUT2D eigenvalue weighted by Crippen LogP contribution is 2.39. The fourth-order valence-electron chi connectivity index (χ4n) is 2.54. The van der Waals surface area contributed by atoms with Gasteiger partial charge in [-0.25, -0.2) is 4.90 Å². The lowest BCUT2D eigenvalue weighted by molar-refractivity contribution is -0.113. The van der Waals surface area contributed by atoms with Crippen molar-refractivity contribution in [3.05, 3.63) is 56.4 Å². The molecule has 0 bridgehead atoms. The third kappa shape index (κ3) is 4.15. The van der Waals surface area contributed by atoms with E-state index < -0.39 is 5.91 Å². The Morgan fingerprint density at radius 1 is 1.22 bits per heavy atom. The Balaban J connectivity index is 1.96. The Labute approximate surface area is 174 Å². The van der Waals surface area contributed by atoms with Crippen molar-refractivity contribution in [2.24, 2.45) is 0 Å². The van der Waals surface area contributed by atoms with Gasteiger partial charge in [0, 0.05) is 9.50 Å². The van der Waals surface area contributed by atoms with E-state index >= 15 is 0 Å². The summed E-state index contributed by atoms with van der Waals surface area (Å²) in [4.78, 5) is 26.6. The number of nitrogens with zero attached hydrogens (tertiary/aromatic N) is 1. The van der Waals surface area contributed by atoms with Gasteiger partial charge < -0.3 is 9.47 Å². The van der Waals surface area contributed by atoms with E-state index in [1.807, 2.05) is 6.92 Å². The summed E-state index contributed by atoms with van der Waals surface area (Å²) in [6, 6.07) is 10.2. The first-order valence-corrected chi connectivity index (χ1v) is 9.97. The Bertz CT molecular complexity index is 947. The number of methoxy groups -OCH3 is 1. The number of amides is 2. The summed E-state index contributed by atoms with van der Waals surface area (Å²) in [5.74, 6) is 0.739. The van der Waals surface area contributed by atoms with E-state index in [1.165, 1.54) is 0 Å². The first kappa shape index (κ1) is 19.8. The van der Waals surface area contributed by atoms with Crippen LogP contribution in [-0.2, 0) is 4.79 Å². The molecule has 0 radical (unpaired) electrons. The molecule has 2 amide bonds. The Morgan fingerprint density at radius 3 is 2.67 bits per heavy atom. The first-order valence-electron chi connectivity index (χ1n) is 7.98. The highest BCUT2D eigenvalue weighted by Gasteiger charge is 2.36. The number of hydrogen-bond acceptors (Lipinski definition) is 5. The molecule has 0 N–H and O–H groups in total. The van der Waals surface area contributed by atoms with Gasteiger partial charge in [-0.15, -0.1) is 0 Å². The summed E-state index contributed by atoms with van der Waals surface area (Å²) < 4.78 is 11.6. The second-order valence-corrected chi connectivity index (χ2v) is 7.74. The molecular weight excluding hydrogens is 454 g/mol. The highest BCUT2D eigenvalue weighted by atomic mass is 79.9. The Kier molecular flexibility index (Phi) is 6.14. The van der Waals surface area contributed by atoms with Crippen molar-refractivity contribution in [2.75, 3.05) is 18.6 Å². The van der Waals surface area contributed by atoms with Crippen molar-refractivity contribution in [2.45, 2.75) is 6.92 Å². The van der Waals surface area contributed by atoms with Crippen LogP contribution in [0.15, 0.2) is 45.8 Å². The molecule has 27 heavy (non-hydrogen) atoms. The van der Waals surface area contributed by atoms with Crippen molar-refractivity contribution in [1.82, 2.24) is 0 Å². The largest absolute Gasteiger partial charge is 0.493 e. The number of anilines is 1. The van der Waals surface area contributed by atoms with Gasteiger partial charge in [-0.3, -0.25) is 9.59 Å². The van der Waals surface area contributed by atoms with E-state index in [2.05, 4.69) is 15.9 Å². The van der Waals surface area contributed by atoms with Crippen LogP contribution in [0.5, 0.6) is 11.5 Å². The van der Waals surface area contributed by atoms with Gasteiger partial charge in [0.15, 0.2) is 11.5 Å². The van der Waals surface area contributed by atoms with Crippen LogP contribution in [-0.4, -0.2) is 24.9 Å². The first-order chi connectivity index (χ1) is 12.9. The SMILES string of the molecule is CCOc1cc(Br)c(/C=C2/SC(=O)N(c3cccc(Cl)c3)C2=O)cc1OC. The van der Waals surface area contributed by atoms with Gasteiger partial charge in [0.05, 0.1) is 24.3 Å².